The summed E-state index contributed by atoms with van der Waals surface area (Å²) in [5, 5.41) is 2.47. The van der Waals surface area contributed by atoms with Crippen molar-refractivity contribution in [3.05, 3.63) is 94.3 Å². The summed E-state index contributed by atoms with van der Waals surface area (Å²) in [6, 6.07) is 12.4. The van der Waals surface area contributed by atoms with Gasteiger partial charge in [0.15, 0.2) is 0 Å². The van der Waals surface area contributed by atoms with Gasteiger partial charge in [-0.1, -0.05) is 23.7 Å². The van der Waals surface area contributed by atoms with Crippen LogP contribution >= 0.6 is 11.6 Å². The first-order chi connectivity index (χ1) is 15.0. The summed E-state index contributed by atoms with van der Waals surface area (Å²) < 4.78 is 78.4. The Kier molecular flexibility index (Phi) is 6.75. The minimum absolute atomic E-state index is 0.0179. The SMILES string of the molecule is O=C(NCc1ccc(C(F)(F)F)cc1)c1cc(S(=O)(=O)Nc2ccc(F)cc2)ccc1Cl. The van der Waals surface area contributed by atoms with Gasteiger partial charge in [0.05, 0.1) is 21.0 Å². The highest BCUT2D eigenvalue weighted by atomic mass is 35.5. The van der Waals surface area contributed by atoms with Crippen molar-refractivity contribution in [1.82, 2.24) is 5.32 Å². The molecule has 3 aromatic carbocycles. The van der Waals surface area contributed by atoms with E-state index in [1.54, 1.807) is 0 Å². The summed E-state index contributed by atoms with van der Waals surface area (Å²) in [5.74, 6) is -1.25. The maximum absolute atomic E-state index is 13.0. The fraction of sp³-hybridized carbons (Fsp3) is 0.0952. The van der Waals surface area contributed by atoms with E-state index in [0.29, 0.717) is 5.56 Å². The molecule has 2 N–H and O–H groups in total. The number of carbonyl (C=O) groups is 1. The van der Waals surface area contributed by atoms with E-state index in [-0.39, 0.29) is 27.7 Å². The topological polar surface area (TPSA) is 75.3 Å². The summed E-state index contributed by atoms with van der Waals surface area (Å²) in [7, 11) is -4.10. The van der Waals surface area contributed by atoms with Gasteiger partial charge in [0, 0.05) is 12.2 Å². The summed E-state index contributed by atoms with van der Waals surface area (Å²) in [6.45, 7) is -0.0991. The Bertz CT molecular complexity index is 1230. The zero-order chi connectivity index (χ0) is 23.5. The molecule has 11 heteroatoms. The highest BCUT2D eigenvalue weighted by Gasteiger charge is 2.30. The molecule has 0 bridgehead atoms. The molecule has 0 saturated carbocycles. The number of nitrogens with one attached hydrogen (secondary N) is 2. The standard InChI is InChI=1S/C21H15ClF4N2O3S/c22-19-10-9-17(32(30,31)28-16-7-5-15(23)6-8-16)11-18(19)20(29)27-12-13-1-3-14(4-2-13)21(24,25)26/h1-11,28H,12H2,(H,27,29). The predicted octanol–water partition coefficient (Wildman–Crippen LogP) is 5.23. The van der Waals surface area contributed by atoms with Crippen molar-refractivity contribution in [3.63, 3.8) is 0 Å². The lowest BCUT2D eigenvalue weighted by atomic mass is 10.1. The zero-order valence-corrected chi connectivity index (χ0v) is 17.7. The molecule has 5 nitrogen and oxygen atoms in total. The van der Waals surface area contributed by atoms with Crippen LogP contribution in [-0.2, 0) is 22.7 Å². The molecule has 0 radical (unpaired) electrons. The smallest absolute Gasteiger partial charge is 0.348 e. The second-order valence-corrected chi connectivity index (χ2v) is 8.72. The monoisotopic (exact) mass is 486 g/mol. The average molecular weight is 487 g/mol. The summed E-state index contributed by atoms with van der Waals surface area (Å²) in [5.41, 5.74) is -0.429. The van der Waals surface area contributed by atoms with Gasteiger partial charge in [0.25, 0.3) is 15.9 Å². The van der Waals surface area contributed by atoms with Crippen molar-refractivity contribution in [2.24, 2.45) is 0 Å². The van der Waals surface area contributed by atoms with E-state index in [9.17, 15) is 30.8 Å². The molecule has 3 aromatic rings. The van der Waals surface area contributed by atoms with E-state index in [4.69, 9.17) is 11.6 Å². The molecule has 32 heavy (non-hydrogen) atoms. The van der Waals surface area contributed by atoms with E-state index in [0.717, 1.165) is 30.3 Å². The number of anilines is 1. The van der Waals surface area contributed by atoms with Crippen LogP contribution in [0.4, 0.5) is 23.2 Å². The molecule has 3 rings (SSSR count). The van der Waals surface area contributed by atoms with Gasteiger partial charge >= 0.3 is 6.18 Å². The van der Waals surface area contributed by atoms with Crippen LogP contribution in [0.1, 0.15) is 21.5 Å². The first-order valence-electron chi connectivity index (χ1n) is 8.98. The molecule has 0 fully saturated rings. The number of hydrogen-bond acceptors (Lipinski definition) is 3. The van der Waals surface area contributed by atoms with Crippen molar-refractivity contribution < 1.29 is 30.8 Å². The molecule has 0 aliphatic heterocycles. The molecule has 0 unspecified atom stereocenters. The normalized spacial score (nSPS) is 11.8. The molecule has 0 aromatic heterocycles. The number of halogens is 5. The van der Waals surface area contributed by atoms with Crippen LogP contribution in [0.2, 0.25) is 5.02 Å². The molecule has 0 spiro atoms. The van der Waals surface area contributed by atoms with Gasteiger partial charge in [0.2, 0.25) is 0 Å². The molecule has 0 saturated heterocycles. The van der Waals surface area contributed by atoms with Crippen molar-refractivity contribution in [1.29, 1.82) is 0 Å². The molecule has 0 heterocycles. The van der Waals surface area contributed by atoms with Gasteiger partial charge in [-0.3, -0.25) is 9.52 Å². The van der Waals surface area contributed by atoms with Crippen LogP contribution in [0.25, 0.3) is 0 Å². The van der Waals surface area contributed by atoms with Crippen molar-refractivity contribution in [2.45, 2.75) is 17.6 Å². The Balaban J connectivity index is 1.74. The van der Waals surface area contributed by atoms with E-state index >= 15 is 0 Å². The molecule has 0 aliphatic rings. The highest BCUT2D eigenvalue weighted by molar-refractivity contribution is 7.92. The fourth-order valence-electron chi connectivity index (χ4n) is 2.67. The maximum Gasteiger partial charge on any atom is 0.416 e. The minimum Gasteiger partial charge on any atom is -0.348 e. The second kappa shape index (κ2) is 9.17. The van der Waals surface area contributed by atoms with Gasteiger partial charge in [-0.05, 0) is 60.2 Å². The van der Waals surface area contributed by atoms with Crippen LogP contribution in [0.15, 0.2) is 71.6 Å². The Morgan fingerprint density at radius 3 is 2.16 bits per heavy atom. The van der Waals surface area contributed by atoms with Crippen molar-refractivity contribution >= 4 is 33.2 Å². The molecular weight excluding hydrogens is 472 g/mol. The van der Waals surface area contributed by atoms with E-state index in [1.165, 1.54) is 36.4 Å². The van der Waals surface area contributed by atoms with Crippen LogP contribution in [0, 0.1) is 5.82 Å². The number of sulfonamides is 1. The van der Waals surface area contributed by atoms with E-state index in [2.05, 4.69) is 10.0 Å². The van der Waals surface area contributed by atoms with Gasteiger partial charge in [-0.2, -0.15) is 13.2 Å². The first kappa shape index (κ1) is 23.6. The molecular formula is C21H15ClF4N2O3S. The summed E-state index contributed by atoms with van der Waals surface area (Å²) in [6.07, 6.45) is -4.47. The lowest BCUT2D eigenvalue weighted by molar-refractivity contribution is -0.137. The number of carbonyl (C=O) groups excluding carboxylic acids is 1. The van der Waals surface area contributed by atoms with Crippen molar-refractivity contribution in [2.75, 3.05) is 4.72 Å². The Labute approximate surface area is 186 Å². The van der Waals surface area contributed by atoms with Gasteiger partial charge in [0.1, 0.15) is 5.82 Å². The maximum atomic E-state index is 13.0. The number of amides is 1. The van der Waals surface area contributed by atoms with Gasteiger partial charge in [-0.25, -0.2) is 12.8 Å². The van der Waals surface area contributed by atoms with Crippen molar-refractivity contribution in [3.8, 4) is 0 Å². The number of alkyl halides is 3. The average Bonchev–Trinajstić information content (AvgIpc) is 2.73. The van der Waals surface area contributed by atoms with E-state index in [1.807, 2.05) is 0 Å². The zero-order valence-electron chi connectivity index (χ0n) is 16.1. The van der Waals surface area contributed by atoms with Crippen LogP contribution in [-0.4, -0.2) is 14.3 Å². The predicted molar refractivity (Wildman–Crippen MR) is 111 cm³/mol. The minimum atomic E-state index is -4.47. The van der Waals surface area contributed by atoms with Gasteiger partial charge < -0.3 is 5.32 Å². The third kappa shape index (κ3) is 5.77. The Morgan fingerprint density at radius 2 is 1.56 bits per heavy atom. The van der Waals surface area contributed by atoms with Gasteiger partial charge in [-0.15, -0.1) is 0 Å². The third-order valence-electron chi connectivity index (χ3n) is 4.32. The van der Waals surface area contributed by atoms with Crippen LogP contribution in [0.3, 0.4) is 0 Å². The molecule has 1 amide bonds. The fourth-order valence-corrected chi connectivity index (χ4v) is 3.95. The number of hydrogen-bond donors (Lipinski definition) is 2. The summed E-state index contributed by atoms with van der Waals surface area (Å²) in [4.78, 5) is 12.2. The lowest BCUT2D eigenvalue weighted by Crippen LogP contribution is -2.24. The lowest BCUT2D eigenvalue weighted by Gasteiger charge is -2.12. The van der Waals surface area contributed by atoms with Crippen LogP contribution < -0.4 is 10.0 Å². The highest BCUT2D eigenvalue weighted by Crippen LogP contribution is 2.29. The quantitative estimate of drug-likeness (QED) is 0.469. The van der Waals surface area contributed by atoms with Crippen LogP contribution in [0.5, 0.6) is 0 Å². The number of benzene rings is 3. The molecule has 0 aliphatic carbocycles. The third-order valence-corrected chi connectivity index (χ3v) is 6.03. The largest absolute Gasteiger partial charge is 0.416 e. The summed E-state index contributed by atoms with van der Waals surface area (Å²) >= 11 is 6.03. The Hall–Kier alpha value is -3.11. The Morgan fingerprint density at radius 1 is 0.938 bits per heavy atom. The second-order valence-electron chi connectivity index (χ2n) is 6.63. The first-order valence-corrected chi connectivity index (χ1v) is 10.8. The molecule has 0 atom stereocenters. The number of rotatable bonds is 6. The molecule has 168 valence electrons. The van der Waals surface area contributed by atoms with E-state index < -0.39 is 33.5 Å².